The number of pyridine rings is 1. The number of halogens is 1. The van der Waals surface area contributed by atoms with Crippen molar-refractivity contribution in [2.75, 3.05) is 44.3 Å². The smallest absolute Gasteiger partial charge is 0.142 e. The molecule has 0 spiro atoms. The van der Waals surface area contributed by atoms with Gasteiger partial charge in [0.2, 0.25) is 0 Å². The summed E-state index contributed by atoms with van der Waals surface area (Å²) in [5.74, 6) is 1.09. The molecule has 3 heterocycles. The molecule has 5 heteroatoms. The Bertz CT molecular complexity index is 415. The van der Waals surface area contributed by atoms with Crippen LogP contribution >= 0.6 is 15.9 Å². The number of rotatable bonds is 2. The van der Waals surface area contributed by atoms with E-state index in [2.05, 4.69) is 36.8 Å². The van der Waals surface area contributed by atoms with Crippen molar-refractivity contribution in [1.82, 2.24) is 9.88 Å². The summed E-state index contributed by atoms with van der Waals surface area (Å²) in [4.78, 5) is 9.47. The van der Waals surface area contributed by atoms with E-state index >= 15 is 0 Å². The van der Waals surface area contributed by atoms with Crippen LogP contribution in [0.4, 0.5) is 5.82 Å². The number of piperidine rings is 1. The first-order valence-corrected chi connectivity index (χ1v) is 7.81. The molecule has 0 amide bonds. The fourth-order valence-corrected chi connectivity index (χ4v) is 3.50. The third-order valence-electron chi connectivity index (χ3n) is 4.07. The predicted molar refractivity (Wildman–Crippen MR) is 79.6 cm³/mol. The summed E-state index contributed by atoms with van der Waals surface area (Å²) in [6, 6.07) is 4.76. The van der Waals surface area contributed by atoms with Gasteiger partial charge in [0.05, 0.1) is 17.7 Å². The Hall–Kier alpha value is -0.650. The topological polar surface area (TPSA) is 28.6 Å². The van der Waals surface area contributed by atoms with Gasteiger partial charge in [-0.1, -0.05) is 0 Å². The van der Waals surface area contributed by atoms with Crippen molar-refractivity contribution >= 4 is 21.7 Å². The molecule has 2 aliphatic heterocycles. The Kier molecular flexibility index (Phi) is 4.35. The number of aromatic nitrogens is 1. The first-order valence-electron chi connectivity index (χ1n) is 7.02. The van der Waals surface area contributed by atoms with E-state index in [4.69, 9.17) is 4.74 Å². The Morgan fingerprint density at radius 2 is 1.89 bits per heavy atom. The maximum absolute atomic E-state index is 5.43. The summed E-state index contributed by atoms with van der Waals surface area (Å²) in [6.07, 6.45) is 4.32. The summed E-state index contributed by atoms with van der Waals surface area (Å²) >= 11 is 3.59. The highest BCUT2D eigenvalue weighted by molar-refractivity contribution is 9.10. The number of anilines is 1. The molecule has 0 bridgehead atoms. The molecule has 0 atom stereocenters. The molecule has 2 saturated heterocycles. The highest BCUT2D eigenvalue weighted by Gasteiger charge is 2.26. The molecular weight excluding hydrogens is 306 g/mol. The molecule has 0 aliphatic carbocycles. The highest BCUT2D eigenvalue weighted by atomic mass is 79.9. The highest BCUT2D eigenvalue weighted by Crippen LogP contribution is 2.27. The molecule has 0 radical (unpaired) electrons. The van der Waals surface area contributed by atoms with E-state index in [-0.39, 0.29) is 0 Å². The van der Waals surface area contributed by atoms with Gasteiger partial charge in [-0.25, -0.2) is 4.98 Å². The molecule has 104 valence electrons. The minimum atomic E-state index is 0.725. The van der Waals surface area contributed by atoms with E-state index in [1.165, 1.54) is 12.8 Å². The van der Waals surface area contributed by atoms with Crippen molar-refractivity contribution in [2.45, 2.75) is 18.9 Å². The second-order valence-electron chi connectivity index (χ2n) is 5.18. The van der Waals surface area contributed by atoms with E-state index in [1.807, 2.05) is 12.3 Å². The zero-order valence-corrected chi connectivity index (χ0v) is 12.7. The first-order chi connectivity index (χ1) is 9.34. The maximum Gasteiger partial charge on any atom is 0.142 e. The lowest BCUT2D eigenvalue weighted by atomic mass is 10.0. The average molecular weight is 326 g/mol. The van der Waals surface area contributed by atoms with Crippen molar-refractivity contribution < 1.29 is 4.74 Å². The van der Waals surface area contributed by atoms with Gasteiger partial charge >= 0.3 is 0 Å². The molecule has 0 saturated carbocycles. The van der Waals surface area contributed by atoms with Crippen LogP contribution in [0.2, 0.25) is 0 Å². The van der Waals surface area contributed by atoms with Gasteiger partial charge in [0, 0.05) is 38.4 Å². The number of morpholine rings is 1. The summed E-state index contributed by atoms with van der Waals surface area (Å²) in [7, 11) is 0. The lowest BCUT2D eigenvalue weighted by molar-refractivity contribution is 0.0114. The summed E-state index contributed by atoms with van der Waals surface area (Å²) < 4.78 is 6.53. The number of hydrogen-bond donors (Lipinski definition) is 0. The first kappa shape index (κ1) is 13.3. The summed E-state index contributed by atoms with van der Waals surface area (Å²) in [5.41, 5.74) is 0. The van der Waals surface area contributed by atoms with Gasteiger partial charge in [0.25, 0.3) is 0 Å². The Labute approximate surface area is 122 Å². The molecule has 19 heavy (non-hydrogen) atoms. The molecule has 0 unspecified atom stereocenters. The molecule has 3 rings (SSSR count). The SMILES string of the molecule is Brc1cccnc1N1CCC(N2CCOCC2)CC1. The van der Waals surface area contributed by atoms with Crippen molar-refractivity contribution in [3.8, 4) is 0 Å². The number of nitrogens with zero attached hydrogens (tertiary/aromatic N) is 3. The van der Waals surface area contributed by atoms with E-state index in [9.17, 15) is 0 Å². The minimum absolute atomic E-state index is 0.725. The standard InChI is InChI=1S/C14H20BrN3O/c15-13-2-1-5-16-14(13)18-6-3-12(4-7-18)17-8-10-19-11-9-17/h1-2,5,12H,3-4,6-11H2. The van der Waals surface area contributed by atoms with Crippen LogP contribution in [0.5, 0.6) is 0 Å². The predicted octanol–water partition coefficient (Wildman–Crippen LogP) is 2.15. The van der Waals surface area contributed by atoms with Gasteiger partial charge < -0.3 is 9.64 Å². The minimum Gasteiger partial charge on any atom is -0.379 e. The van der Waals surface area contributed by atoms with Crippen molar-refractivity contribution in [3.63, 3.8) is 0 Å². The second-order valence-corrected chi connectivity index (χ2v) is 6.03. The largest absolute Gasteiger partial charge is 0.379 e. The van der Waals surface area contributed by atoms with Crippen LogP contribution in [-0.4, -0.2) is 55.3 Å². The fourth-order valence-electron chi connectivity index (χ4n) is 3.00. The van der Waals surface area contributed by atoms with Gasteiger partial charge in [-0.15, -0.1) is 0 Å². The molecule has 4 nitrogen and oxygen atoms in total. The van der Waals surface area contributed by atoms with Gasteiger partial charge in [-0.3, -0.25) is 4.90 Å². The van der Waals surface area contributed by atoms with Gasteiger partial charge in [-0.05, 0) is 40.9 Å². The second kappa shape index (κ2) is 6.20. The Balaban J connectivity index is 1.58. The van der Waals surface area contributed by atoms with E-state index < -0.39 is 0 Å². The lowest BCUT2D eigenvalue weighted by Gasteiger charge is -2.40. The van der Waals surface area contributed by atoms with Crippen LogP contribution in [0.1, 0.15) is 12.8 Å². The van der Waals surface area contributed by atoms with Crippen molar-refractivity contribution in [3.05, 3.63) is 22.8 Å². The summed E-state index contributed by atoms with van der Waals surface area (Å²) in [5, 5.41) is 0. The lowest BCUT2D eigenvalue weighted by Crippen LogP contribution is -2.49. The quantitative estimate of drug-likeness (QED) is 0.833. The van der Waals surface area contributed by atoms with Gasteiger partial charge in [0.1, 0.15) is 5.82 Å². The van der Waals surface area contributed by atoms with E-state index in [0.717, 1.165) is 55.7 Å². The molecule has 2 aliphatic rings. The number of hydrogen-bond acceptors (Lipinski definition) is 4. The molecule has 1 aromatic heterocycles. The monoisotopic (exact) mass is 325 g/mol. The fraction of sp³-hybridized carbons (Fsp3) is 0.643. The molecule has 1 aromatic rings. The van der Waals surface area contributed by atoms with E-state index in [0.29, 0.717) is 0 Å². The van der Waals surface area contributed by atoms with Crippen LogP contribution in [0.15, 0.2) is 22.8 Å². The third-order valence-corrected chi connectivity index (χ3v) is 4.68. The molecule has 2 fully saturated rings. The zero-order valence-electron chi connectivity index (χ0n) is 11.1. The average Bonchev–Trinajstić information content (AvgIpc) is 2.49. The van der Waals surface area contributed by atoms with E-state index in [1.54, 1.807) is 0 Å². The number of ether oxygens (including phenoxy) is 1. The van der Waals surface area contributed by atoms with Gasteiger partial charge in [-0.2, -0.15) is 0 Å². The third kappa shape index (κ3) is 3.09. The van der Waals surface area contributed by atoms with Crippen LogP contribution < -0.4 is 4.90 Å². The Morgan fingerprint density at radius 3 is 2.58 bits per heavy atom. The van der Waals surface area contributed by atoms with Crippen LogP contribution in [-0.2, 0) is 4.74 Å². The molecule has 0 aromatic carbocycles. The normalized spacial score (nSPS) is 22.7. The van der Waals surface area contributed by atoms with Crippen molar-refractivity contribution in [2.24, 2.45) is 0 Å². The van der Waals surface area contributed by atoms with Crippen molar-refractivity contribution in [1.29, 1.82) is 0 Å². The zero-order chi connectivity index (χ0) is 13.1. The van der Waals surface area contributed by atoms with Gasteiger partial charge in [0.15, 0.2) is 0 Å². The maximum atomic E-state index is 5.43. The Morgan fingerprint density at radius 1 is 1.16 bits per heavy atom. The summed E-state index contributed by atoms with van der Waals surface area (Å²) in [6.45, 7) is 6.17. The molecular formula is C14H20BrN3O. The van der Waals surface area contributed by atoms with Crippen LogP contribution in [0.3, 0.4) is 0 Å². The van der Waals surface area contributed by atoms with Crippen LogP contribution in [0.25, 0.3) is 0 Å². The molecule has 0 N–H and O–H groups in total. The van der Waals surface area contributed by atoms with Crippen LogP contribution in [0, 0.1) is 0 Å².